The second kappa shape index (κ2) is 6.35. The van der Waals surface area contributed by atoms with Crippen molar-refractivity contribution in [1.82, 2.24) is 0 Å². The third-order valence-electron chi connectivity index (χ3n) is 2.97. The predicted octanol–water partition coefficient (Wildman–Crippen LogP) is 3.76. The van der Waals surface area contributed by atoms with Crippen LogP contribution in [0.15, 0.2) is 36.4 Å². The molecular weight excluding hydrogens is 278 g/mol. The number of benzene rings is 2. The van der Waals surface area contributed by atoms with Gasteiger partial charge in [-0.05, 0) is 31.2 Å². The molecule has 0 aromatic heterocycles. The highest BCUT2D eigenvalue weighted by molar-refractivity contribution is 5.96. The SMILES string of the molecule is COc1cccc(COc2ccc(F)cc2C(C)=O)c1F. The van der Waals surface area contributed by atoms with Crippen LogP contribution in [-0.4, -0.2) is 12.9 Å². The summed E-state index contributed by atoms with van der Waals surface area (Å²) in [6.45, 7) is 1.22. The number of carbonyl (C=O) groups excluding carboxylic acids is 1. The van der Waals surface area contributed by atoms with E-state index in [-0.39, 0.29) is 35.0 Å². The van der Waals surface area contributed by atoms with Crippen LogP contribution < -0.4 is 9.47 Å². The Morgan fingerprint density at radius 2 is 1.90 bits per heavy atom. The smallest absolute Gasteiger partial charge is 0.171 e. The van der Waals surface area contributed by atoms with E-state index in [0.717, 1.165) is 6.07 Å². The molecule has 5 heteroatoms. The molecule has 0 fully saturated rings. The van der Waals surface area contributed by atoms with Crippen molar-refractivity contribution in [1.29, 1.82) is 0 Å². The summed E-state index contributed by atoms with van der Waals surface area (Å²) in [5, 5.41) is 0. The van der Waals surface area contributed by atoms with Gasteiger partial charge in [-0.25, -0.2) is 8.78 Å². The molecule has 0 aliphatic carbocycles. The van der Waals surface area contributed by atoms with Crippen molar-refractivity contribution < 1.29 is 23.0 Å². The standard InChI is InChI=1S/C16H14F2O3/c1-10(19)13-8-12(17)6-7-14(13)21-9-11-4-3-5-15(20-2)16(11)18/h3-8H,9H2,1-2H3. The van der Waals surface area contributed by atoms with Crippen molar-refractivity contribution in [3.05, 3.63) is 59.2 Å². The van der Waals surface area contributed by atoms with Crippen LogP contribution in [0, 0.1) is 11.6 Å². The Morgan fingerprint density at radius 3 is 2.57 bits per heavy atom. The fourth-order valence-electron chi connectivity index (χ4n) is 1.88. The number of halogens is 2. The molecule has 2 rings (SSSR count). The molecule has 0 saturated heterocycles. The molecular formula is C16H14F2O3. The van der Waals surface area contributed by atoms with Crippen molar-refractivity contribution >= 4 is 5.78 Å². The summed E-state index contributed by atoms with van der Waals surface area (Å²) in [5.41, 5.74) is 0.409. The van der Waals surface area contributed by atoms with Gasteiger partial charge in [0.1, 0.15) is 18.2 Å². The lowest BCUT2D eigenvalue weighted by Crippen LogP contribution is -2.04. The maximum absolute atomic E-state index is 14.0. The highest BCUT2D eigenvalue weighted by Gasteiger charge is 2.13. The van der Waals surface area contributed by atoms with E-state index in [2.05, 4.69) is 0 Å². The minimum Gasteiger partial charge on any atom is -0.494 e. The van der Waals surface area contributed by atoms with E-state index in [1.165, 1.54) is 32.2 Å². The molecule has 0 bridgehead atoms. The fourth-order valence-corrected chi connectivity index (χ4v) is 1.88. The summed E-state index contributed by atoms with van der Waals surface area (Å²) < 4.78 is 37.4. The van der Waals surface area contributed by atoms with Crippen LogP contribution in [0.2, 0.25) is 0 Å². The average molecular weight is 292 g/mol. The number of ether oxygens (including phenoxy) is 2. The molecule has 0 aliphatic heterocycles. The van der Waals surface area contributed by atoms with E-state index in [4.69, 9.17) is 9.47 Å². The van der Waals surface area contributed by atoms with Crippen LogP contribution in [0.3, 0.4) is 0 Å². The Bertz CT molecular complexity index is 669. The minimum atomic E-state index is -0.528. The van der Waals surface area contributed by atoms with Crippen LogP contribution in [0.1, 0.15) is 22.8 Å². The molecule has 0 aliphatic rings. The quantitative estimate of drug-likeness (QED) is 0.787. The van der Waals surface area contributed by atoms with E-state index < -0.39 is 11.6 Å². The topological polar surface area (TPSA) is 35.5 Å². The first-order chi connectivity index (χ1) is 10.0. The number of methoxy groups -OCH3 is 1. The van der Waals surface area contributed by atoms with E-state index in [1.54, 1.807) is 12.1 Å². The summed E-state index contributed by atoms with van der Waals surface area (Å²) >= 11 is 0. The zero-order chi connectivity index (χ0) is 15.4. The number of hydrogen-bond donors (Lipinski definition) is 0. The first-order valence-electron chi connectivity index (χ1n) is 6.27. The van der Waals surface area contributed by atoms with Crippen LogP contribution in [0.4, 0.5) is 8.78 Å². The van der Waals surface area contributed by atoms with Gasteiger partial charge in [0.05, 0.1) is 12.7 Å². The van der Waals surface area contributed by atoms with E-state index in [9.17, 15) is 13.6 Å². The van der Waals surface area contributed by atoms with Crippen LogP contribution in [0.5, 0.6) is 11.5 Å². The second-order valence-electron chi connectivity index (χ2n) is 4.42. The van der Waals surface area contributed by atoms with Gasteiger partial charge in [-0.3, -0.25) is 4.79 Å². The number of Topliss-reactive ketones (excluding diaryl/α,β-unsaturated/α-hetero) is 1. The summed E-state index contributed by atoms with van der Waals surface area (Å²) in [5.74, 6) is -1.05. The van der Waals surface area contributed by atoms with Crippen LogP contribution in [0.25, 0.3) is 0 Å². The molecule has 2 aromatic carbocycles. The second-order valence-corrected chi connectivity index (χ2v) is 4.42. The Balaban J connectivity index is 2.23. The Morgan fingerprint density at radius 1 is 1.14 bits per heavy atom. The van der Waals surface area contributed by atoms with E-state index >= 15 is 0 Å². The van der Waals surface area contributed by atoms with Crippen LogP contribution in [-0.2, 0) is 6.61 Å². The Hall–Kier alpha value is -2.43. The molecule has 21 heavy (non-hydrogen) atoms. The van der Waals surface area contributed by atoms with Crippen molar-refractivity contribution in [2.45, 2.75) is 13.5 Å². The zero-order valence-electron chi connectivity index (χ0n) is 11.7. The Kier molecular flexibility index (Phi) is 4.52. The molecule has 110 valence electrons. The lowest BCUT2D eigenvalue weighted by molar-refractivity contribution is 0.101. The number of ketones is 1. The average Bonchev–Trinajstić information content (AvgIpc) is 2.47. The molecule has 0 heterocycles. The van der Waals surface area contributed by atoms with Gasteiger partial charge >= 0.3 is 0 Å². The normalized spacial score (nSPS) is 10.3. The Labute approximate surface area is 121 Å². The van der Waals surface area contributed by atoms with Crippen molar-refractivity contribution in [2.24, 2.45) is 0 Å². The zero-order valence-corrected chi connectivity index (χ0v) is 11.7. The van der Waals surface area contributed by atoms with Gasteiger partial charge < -0.3 is 9.47 Å². The van der Waals surface area contributed by atoms with E-state index in [1.807, 2.05) is 0 Å². The summed E-state index contributed by atoms with van der Waals surface area (Å²) in [7, 11) is 1.37. The van der Waals surface area contributed by atoms with Gasteiger partial charge in [0.15, 0.2) is 17.3 Å². The van der Waals surface area contributed by atoms with Crippen LogP contribution >= 0.6 is 0 Å². The molecule has 3 nitrogen and oxygen atoms in total. The fraction of sp³-hybridized carbons (Fsp3) is 0.188. The molecule has 0 N–H and O–H groups in total. The maximum atomic E-state index is 14.0. The van der Waals surface area contributed by atoms with Crippen molar-refractivity contribution in [3.63, 3.8) is 0 Å². The lowest BCUT2D eigenvalue weighted by atomic mass is 10.1. The van der Waals surface area contributed by atoms with E-state index in [0.29, 0.717) is 0 Å². The summed E-state index contributed by atoms with van der Waals surface area (Å²) in [6, 6.07) is 8.32. The monoisotopic (exact) mass is 292 g/mol. The van der Waals surface area contributed by atoms with Gasteiger partial charge in [0.25, 0.3) is 0 Å². The highest BCUT2D eigenvalue weighted by Crippen LogP contribution is 2.24. The first-order valence-corrected chi connectivity index (χ1v) is 6.27. The summed E-state index contributed by atoms with van der Waals surface area (Å²) in [6.07, 6.45) is 0. The highest BCUT2D eigenvalue weighted by atomic mass is 19.1. The molecule has 0 unspecified atom stereocenters. The largest absolute Gasteiger partial charge is 0.494 e. The molecule has 0 saturated carbocycles. The van der Waals surface area contributed by atoms with Gasteiger partial charge in [-0.15, -0.1) is 0 Å². The van der Waals surface area contributed by atoms with Crippen molar-refractivity contribution in [2.75, 3.05) is 7.11 Å². The third-order valence-corrected chi connectivity index (χ3v) is 2.97. The van der Waals surface area contributed by atoms with Gasteiger partial charge in [0, 0.05) is 5.56 Å². The van der Waals surface area contributed by atoms with Gasteiger partial charge in [0.2, 0.25) is 0 Å². The number of carbonyl (C=O) groups is 1. The third kappa shape index (κ3) is 3.37. The molecule has 2 aromatic rings. The molecule has 0 spiro atoms. The predicted molar refractivity (Wildman–Crippen MR) is 73.7 cm³/mol. The molecule has 0 radical (unpaired) electrons. The number of rotatable bonds is 5. The molecule has 0 amide bonds. The van der Waals surface area contributed by atoms with Gasteiger partial charge in [-0.1, -0.05) is 12.1 Å². The first kappa shape index (κ1) is 15.0. The number of hydrogen-bond acceptors (Lipinski definition) is 3. The molecule has 0 atom stereocenters. The minimum absolute atomic E-state index is 0.0883. The lowest BCUT2D eigenvalue weighted by Gasteiger charge is -2.11. The van der Waals surface area contributed by atoms with Gasteiger partial charge in [-0.2, -0.15) is 0 Å². The summed E-state index contributed by atoms with van der Waals surface area (Å²) in [4.78, 5) is 11.5. The maximum Gasteiger partial charge on any atom is 0.171 e. The van der Waals surface area contributed by atoms with Crippen molar-refractivity contribution in [3.8, 4) is 11.5 Å².